The third-order valence-corrected chi connectivity index (χ3v) is 2.92. The molecule has 3 N–H and O–H groups in total. The van der Waals surface area contributed by atoms with Crippen LogP contribution in [-0.2, 0) is 0 Å². The number of nitrogens with two attached hydrogens (primary N) is 1. The van der Waals surface area contributed by atoms with Crippen LogP contribution in [0.25, 0.3) is 0 Å². The van der Waals surface area contributed by atoms with Gasteiger partial charge in [-0.2, -0.15) is 0 Å². The molecule has 0 saturated carbocycles. The number of hydrogen-bond donors (Lipinski definition) is 2. The second kappa shape index (κ2) is 6.42. The molecule has 0 fully saturated rings. The Morgan fingerprint density at radius 2 is 1.94 bits per heavy atom. The number of anilines is 2. The number of nitrogen functional groups attached to an aromatic ring is 1. The molecule has 4 nitrogen and oxygen atoms in total. The molecule has 0 aromatic carbocycles. The van der Waals surface area contributed by atoms with Crippen LogP contribution in [0.3, 0.4) is 0 Å². The van der Waals surface area contributed by atoms with Gasteiger partial charge >= 0.3 is 0 Å². The molecule has 0 aliphatic rings. The van der Waals surface area contributed by atoms with Crippen molar-refractivity contribution < 1.29 is 0 Å². The predicted molar refractivity (Wildman–Crippen MR) is 73.1 cm³/mol. The highest BCUT2D eigenvalue weighted by atomic mass is 15.1. The van der Waals surface area contributed by atoms with Crippen molar-refractivity contribution >= 4 is 11.6 Å². The quantitative estimate of drug-likeness (QED) is 0.745. The molecule has 0 saturated heterocycles. The zero-order valence-corrected chi connectivity index (χ0v) is 11.4. The smallest absolute Gasteiger partial charge is 0.134 e. The summed E-state index contributed by atoms with van der Waals surface area (Å²) in [5.41, 5.74) is 6.77. The summed E-state index contributed by atoms with van der Waals surface area (Å²) in [4.78, 5) is 8.54. The summed E-state index contributed by atoms with van der Waals surface area (Å²) < 4.78 is 0. The Hall–Kier alpha value is -1.32. The molecule has 1 aromatic heterocycles. The lowest BCUT2D eigenvalue weighted by atomic mass is 10.1. The van der Waals surface area contributed by atoms with Crippen molar-refractivity contribution in [2.24, 2.45) is 0 Å². The lowest BCUT2D eigenvalue weighted by Crippen LogP contribution is -2.18. The Kier molecular flexibility index (Phi) is 5.19. The topological polar surface area (TPSA) is 63.8 Å². The van der Waals surface area contributed by atoms with Gasteiger partial charge in [0, 0.05) is 11.6 Å². The van der Waals surface area contributed by atoms with Crippen LogP contribution in [0.1, 0.15) is 50.9 Å². The molecule has 0 aliphatic carbocycles. The molecule has 0 radical (unpaired) electrons. The summed E-state index contributed by atoms with van der Waals surface area (Å²) in [6.45, 7) is 8.22. The van der Waals surface area contributed by atoms with Gasteiger partial charge in [0.2, 0.25) is 0 Å². The maximum absolute atomic E-state index is 5.83. The number of nitrogens with one attached hydrogen (secondary N) is 1. The van der Waals surface area contributed by atoms with Crippen LogP contribution in [0.5, 0.6) is 0 Å². The average molecular weight is 236 g/mol. The molecule has 4 heteroatoms. The highest BCUT2D eigenvalue weighted by Crippen LogP contribution is 2.18. The van der Waals surface area contributed by atoms with Gasteiger partial charge in [0.05, 0.1) is 0 Å². The molecule has 0 bridgehead atoms. The summed E-state index contributed by atoms with van der Waals surface area (Å²) in [5.74, 6) is 2.16. The molecular formula is C13H24N4. The molecule has 0 amide bonds. The molecule has 0 aliphatic heterocycles. The van der Waals surface area contributed by atoms with Gasteiger partial charge in [0.25, 0.3) is 0 Å². The standard InChI is InChI=1S/C13H24N4/c1-5-6-7-8-9(2)15-13-10(3)12(14)16-11(4)17-13/h9H,5-8H2,1-4H3,(H3,14,15,16,17). The van der Waals surface area contributed by atoms with E-state index in [4.69, 9.17) is 5.73 Å². The number of unbranched alkanes of at least 4 members (excludes halogenated alkanes) is 2. The zero-order chi connectivity index (χ0) is 12.8. The Morgan fingerprint density at radius 1 is 1.24 bits per heavy atom. The zero-order valence-electron chi connectivity index (χ0n) is 11.4. The maximum atomic E-state index is 5.83. The van der Waals surface area contributed by atoms with E-state index < -0.39 is 0 Å². The second-order valence-corrected chi connectivity index (χ2v) is 4.67. The summed E-state index contributed by atoms with van der Waals surface area (Å²) in [7, 11) is 0. The first-order chi connectivity index (χ1) is 8.04. The van der Waals surface area contributed by atoms with Crippen molar-refractivity contribution in [2.75, 3.05) is 11.1 Å². The van der Waals surface area contributed by atoms with Gasteiger partial charge in [0.1, 0.15) is 17.5 Å². The van der Waals surface area contributed by atoms with Crippen molar-refractivity contribution in [3.05, 3.63) is 11.4 Å². The van der Waals surface area contributed by atoms with E-state index in [2.05, 4.69) is 29.1 Å². The van der Waals surface area contributed by atoms with Gasteiger partial charge in [0.15, 0.2) is 0 Å². The molecule has 17 heavy (non-hydrogen) atoms. The van der Waals surface area contributed by atoms with Crippen LogP contribution in [0, 0.1) is 13.8 Å². The first-order valence-electron chi connectivity index (χ1n) is 6.41. The Morgan fingerprint density at radius 3 is 2.59 bits per heavy atom. The highest BCUT2D eigenvalue weighted by Gasteiger charge is 2.09. The fourth-order valence-electron chi connectivity index (χ4n) is 1.80. The molecular weight excluding hydrogens is 212 g/mol. The molecule has 1 aromatic rings. The van der Waals surface area contributed by atoms with Crippen LogP contribution >= 0.6 is 0 Å². The van der Waals surface area contributed by atoms with E-state index in [-0.39, 0.29) is 0 Å². The summed E-state index contributed by atoms with van der Waals surface area (Å²) >= 11 is 0. The van der Waals surface area contributed by atoms with Crippen LogP contribution in [0.15, 0.2) is 0 Å². The van der Waals surface area contributed by atoms with Gasteiger partial charge in [-0.25, -0.2) is 9.97 Å². The van der Waals surface area contributed by atoms with Gasteiger partial charge < -0.3 is 11.1 Å². The minimum Gasteiger partial charge on any atom is -0.383 e. The van der Waals surface area contributed by atoms with E-state index in [1.165, 1.54) is 19.3 Å². The summed E-state index contributed by atoms with van der Waals surface area (Å²) in [6, 6.07) is 0.425. The van der Waals surface area contributed by atoms with E-state index in [1.807, 2.05) is 13.8 Å². The number of nitrogens with zero attached hydrogens (tertiary/aromatic N) is 2. The van der Waals surface area contributed by atoms with Crippen LogP contribution in [0.4, 0.5) is 11.6 Å². The number of hydrogen-bond acceptors (Lipinski definition) is 4. The van der Waals surface area contributed by atoms with Crippen LogP contribution < -0.4 is 11.1 Å². The van der Waals surface area contributed by atoms with E-state index in [9.17, 15) is 0 Å². The number of aryl methyl sites for hydroxylation is 1. The minimum absolute atomic E-state index is 0.425. The molecule has 1 atom stereocenters. The third kappa shape index (κ3) is 4.21. The van der Waals surface area contributed by atoms with Crippen molar-refractivity contribution in [1.29, 1.82) is 0 Å². The lowest BCUT2D eigenvalue weighted by Gasteiger charge is -2.17. The first-order valence-corrected chi connectivity index (χ1v) is 6.41. The van der Waals surface area contributed by atoms with E-state index >= 15 is 0 Å². The summed E-state index contributed by atoms with van der Waals surface area (Å²) in [5, 5.41) is 3.42. The van der Waals surface area contributed by atoms with E-state index in [0.717, 1.165) is 23.6 Å². The highest BCUT2D eigenvalue weighted by molar-refractivity contribution is 5.55. The fourth-order valence-corrected chi connectivity index (χ4v) is 1.80. The van der Waals surface area contributed by atoms with Crippen molar-refractivity contribution in [1.82, 2.24) is 9.97 Å². The monoisotopic (exact) mass is 236 g/mol. The van der Waals surface area contributed by atoms with Gasteiger partial charge in [-0.05, 0) is 27.2 Å². The van der Waals surface area contributed by atoms with Crippen LogP contribution in [-0.4, -0.2) is 16.0 Å². The fraction of sp³-hybridized carbons (Fsp3) is 0.692. The molecule has 1 heterocycles. The minimum atomic E-state index is 0.425. The first kappa shape index (κ1) is 13.7. The van der Waals surface area contributed by atoms with Gasteiger partial charge in [-0.3, -0.25) is 0 Å². The Balaban J connectivity index is 2.61. The maximum Gasteiger partial charge on any atom is 0.134 e. The molecule has 1 rings (SSSR count). The van der Waals surface area contributed by atoms with Crippen molar-refractivity contribution in [2.45, 2.75) is 59.4 Å². The van der Waals surface area contributed by atoms with Crippen LogP contribution in [0.2, 0.25) is 0 Å². The van der Waals surface area contributed by atoms with E-state index in [0.29, 0.717) is 11.9 Å². The molecule has 0 spiro atoms. The second-order valence-electron chi connectivity index (χ2n) is 4.67. The lowest BCUT2D eigenvalue weighted by molar-refractivity contribution is 0.613. The van der Waals surface area contributed by atoms with Gasteiger partial charge in [-0.1, -0.05) is 26.2 Å². The number of rotatable bonds is 6. The summed E-state index contributed by atoms with van der Waals surface area (Å²) in [6.07, 6.45) is 4.96. The molecule has 96 valence electrons. The number of aromatic nitrogens is 2. The van der Waals surface area contributed by atoms with E-state index in [1.54, 1.807) is 0 Å². The normalized spacial score (nSPS) is 12.5. The predicted octanol–water partition coefficient (Wildman–Crippen LogP) is 3.06. The Bertz CT molecular complexity index is 363. The van der Waals surface area contributed by atoms with Crippen molar-refractivity contribution in [3.63, 3.8) is 0 Å². The van der Waals surface area contributed by atoms with Crippen molar-refractivity contribution in [3.8, 4) is 0 Å². The largest absolute Gasteiger partial charge is 0.383 e. The third-order valence-electron chi connectivity index (χ3n) is 2.92. The molecule has 1 unspecified atom stereocenters. The van der Waals surface area contributed by atoms with Gasteiger partial charge in [-0.15, -0.1) is 0 Å². The average Bonchev–Trinajstić information content (AvgIpc) is 2.25. The Labute approximate surface area is 104 Å². The SMILES string of the molecule is CCCCCC(C)Nc1nc(C)nc(N)c1C.